The SMILES string of the molecule is Brc1ccsc1-c1ccccc1. The molecule has 0 bridgehead atoms. The van der Waals surface area contributed by atoms with Crippen molar-refractivity contribution in [3.63, 3.8) is 0 Å². The fourth-order valence-electron chi connectivity index (χ4n) is 1.09. The quantitative estimate of drug-likeness (QED) is 0.700. The molecule has 0 radical (unpaired) electrons. The van der Waals surface area contributed by atoms with Crippen LogP contribution < -0.4 is 0 Å². The number of hydrogen-bond donors (Lipinski definition) is 0. The zero-order valence-electron chi connectivity index (χ0n) is 6.33. The average molecular weight is 239 g/mol. The fourth-order valence-corrected chi connectivity index (χ4v) is 2.70. The summed E-state index contributed by atoms with van der Waals surface area (Å²) in [4.78, 5) is 1.30. The van der Waals surface area contributed by atoms with Gasteiger partial charge in [0.15, 0.2) is 0 Å². The van der Waals surface area contributed by atoms with Crippen LogP contribution in [0.25, 0.3) is 10.4 Å². The lowest BCUT2D eigenvalue weighted by molar-refractivity contribution is 1.68. The molecule has 0 amide bonds. The summed E-state index contributed by atoms with van der Waals surface area (Å²) in [5.41, 5.74) is 1.28. The van der Waals surface area contributed by atoms with Crippen LogP contribution >= 0.6 is 27.3 Å². The van der Waals surface area contributed by atoms with Gasteiger partial charge in [-0.3, -0.25) is 0 Å². The van der Waals surface area contributed by atoms with Gasteiger partial charge in [-0.1, -0.05) is 30.3 Å². The molecule has 2 heteroatoms. The molecule has 2 rings (SSSR count). The van der Waals surface area contributed by atoms with Gasteiger partial charge >= 0.3 is 0 Å². The van der Waals surface area contributed by atoms with E-state index < -0.39 is 0 Å². The zero-order valence-corrected chi connectivity index (χ0v) is 8.73. The topological polar surface area (TPSA) is 0 Å². The molecule has 1 aromatic carbocycles. The van der Waals surface area contributed by atoms with Crippen molar-refractivity contribution in [1.82, 2.24) is 0 Å². The van der Waals surface area contributed by atoms with Crippen molar-refractivity contribution in [3.05, 3.63) is 46.3 Å². The second kappa shape index (κ2) is 3.42. The number of halogens is 1. The van der Waals surface area contributed by atoms with Crippen molar-refractivity contribution in [2.75, 3.05) is 0 Å². The maximum Gasteiger partial charge on any atom is 0.0484 e. The standard InChI is InChI=1S/C10H7BrS/c11-9-6-7-12-10(9)8-4-2-1-3-5-8/h1-7H. The summed E-state index contributed by atoms with van der Waals surface area (Å²) in [6.45, 7) is 0. The Hall–Kier alpha value is -0.600. The fraction of sp³-hybridized carbons (Fsp3) is 0. The van der Waals surface area contributed by atoms with Crippen molar-refractivity contribution in [2.45, 2.75) is 0 Å². The van der Waals surface area contributed by atoms with Crippen LogP contribution in [-0.4, -0.2) is 0 Å². The van der Waals surface area contributed by atoms with Gasteiger partial charge in [0, 0.05) is 9.35 Å². The van der Waals surface area contributed by atoms with E-state index in [0.29, 0.717) is 0 Å². The third-order valence-corrected chi connectivity index (χ3v) is 3.54. The molecule has 12 heavy (non-hydrogen) atoms. The first kappa shape index (κ1) is 8.02. The maximum absolute atomic E-state index is 3.51. The molecule has 0 aliphatic heterocycles. The molecule has 0 spiro atoms. The Kier molecular flexibility index (Phi) is 2.28. The van der Waals surface area contributed by atoms with Crippen molar-refractivity contribution < 1.29 is 0 Å². The number of benzene rings is 1. The Bertz CT molecular complexity index is 364. The largest absolute Gasteiger partial charge is 0.143 e. The van der Waals surface area contributed by atoms with Gasteiger partial charge in [-0.2, -0.15) is 0 Å². The van der Waals surface area contributed by atoms with E-state index in [2.05, 4.69) is 51.6 Å². The molecular formula is C10H7BrS. The second-order valence-corrected chi connectivity index (χ2v) is 4.23. The lowest BCUT2D eigenvalue weighted by Crippen LogP contribution is -1.69. The van der Waals surface area contributed by atoms with Gasteiger partial charge in [0.05, 0.1) is 0 Å². The molecule has 1 heterocycles. The van der Waals surface area contributed by atoms with Crippen LogP contribution in [-0.2, 0) is 0 Å². The minimum absolute atomic E-state index is 1.18. The molecule has 0 aliphatic rings. The van der Waals surface area contributed by atoms with Gasteiger partial charge in [-0.05, 0) is 32.9 Å². The highest BCUT2D eigenvalue weighted by Crippen LogP contribution is 2.32. The van der Waals surface area contributed by atoms with E-state index in [1.165, 1.54) is 14.9 Å². The normalized spacial score (nSPS) is 10.1. The number of thiophene rings is 1. The Morgan fingerprint density at radius 3 is 2.33 bits per heavy atom. The molecule has 0 saturated carbocycles. The molecule has 0 unspecified atom stereocenters. The van der Waals surface area contributed by atoms with E-state index in [-0.39, 0.29) is 0 Å². The molecule has 0 fully saturated rings. The monoisotopic (exact) mass is 238 g/mol. The highest BCUT2D eigenvalue weighted by Gasteiger charge is 2.01. The highest BCUT2D eigenvalue weighted by molar-refractivity contribution is 9.10. The van der Waals surface area contributed by atoms with E-state index in [0.717, 1.165) is 0 Å². The van der Waals surface area contributed by atoms with Gasteiger partial charge < -0.3 is 0 Å². The summed E-state index contributed by atoms with van der Waals surface area (Å²) < 4.78 is 1.18. The Morgan fingerprint density at radius 1 is 1.00 bits per heavy atom. The van der Waals surface area contributed by atoms with Gasteiger partial charge in [-0.25, -0.2) is 0 Å². The van der Waals surface area contributed by atoms with Crippen molar-refractivity contribution in [1.29, 1.82) is 0 Å². The Labute approximate surface area is 84.0 Å². The van der Waals surface area contributed by atoms with E-state index in [4.69, 9.17) is 0 Å². The van der Waals surface area contributed by atoms with Crippen molar-refractivity contribution >= 4 is 27.3 Å². The minimum atomic E-state index is 1.18. The lowest BCUT2D eigenvalue weighted by Gasteiger charge is -1.96. The lowest BCUT2D eigenvalue weighted by atomic mass is 10.2. The average Bonchev–Trinajstić information content (AvgIpc) is 2.53. The van der Waals surface area contributed by atoms with Gasteiger partial charge in [0.1, 0.15) is 0 Å². The highest BCUT2D eigenvalue weighted by atomic mass is 79.9. The van der Waals surface area contributed by atoms with E-state index >= 15 is 0 Å². The summed E-state index contributed by atoms with van der Waals surface area (Å²) >= 11 is 5.27. The van der Waals surface area contributed by atoms with Crippen molar-refractivity contribution in [3.8, 4) is 10.4 Å². The first-order valence-electron chi connectivity index (χ1n) is 3.66. The van der Waals surface area contributed by atoms with Gasteiger partial charge in [0.25, 0.3) is 0 Å². The zero-order chi connectivity index (χ0) is 8.39. The number of rotatable bonds is 1. The molecule has 0 N–H and O–H groups in total. The van der Waals surface area contributed by atoms with Crippen LogP contribution in [0.4, 0.5) is 0 Å². The summed E-state index contributed by atoms with van der Waals surface area (Å²) in [5.74, 6) is 0. The van der Waals surface area contributed by atoms with Crippen LogP contribution in [0.5, 0.6) is 0 Å². The van der Waals surface area contributed by atoms with Crippen LogP contribution in [0, 0.1) is 0 Å². The molecule has 60 valence electrons. The summed E-state index contributed by atoms with van der Waals surface area (Å²) in [6, 6.07) is 12.5. The van der Waals surface area contributed by atoms with Crippen LogP contribution in [0.15, 0.2) is 46.3 Å². The molecule has 2 aromatic rings. The molecule has 1 aromatic heterocycles. The molecule has 0 atom stereocenters. The smallest absolute Gasteiger partial charge is 0.0484 e. The van der Waals surface area contributed by atoms with Crippen LogP contribution in [0.3, 0.4) is 0 Å². The maximum atomic E-state index is 3.51. The third kappa shape index (κ3) is 1.45. The summed E-state index contributed by atoms with van der Waals surface area (Å²) in [5, 5.41) is 2.09. The molecule has 0 aliphatic carbocycles. The summed E-state index contributed by atoms with van der Waals surface area (Å²) in [6.07, 6.45) is 0. The third-order valence-electron chi connectivity index (χ3n) is 1.65. The van der Waals surface area contributed by atoms with E-state index in [1.54, 1.807) is 11.3 Å². The van der Waals surface area contributed by atoms with Crippen molar-refractivity contribution in [2.24, 2.45) is 0 Å². The summed E-state index contributed by atoms with van der Waals surface area (Å²) in [7, 11) is 0. The molecule has 0 saturated heterocycles. The predicted octanol–water partition coefficient (Wildman–Crippen LogP) is 4.18. The van der Waals surface area contributed by atoms with Gasteiger partial charge in [0.2, 0.25) is 0 Å². The van der Waals surface area contributed by atoms with Crippen LogP contribution in [0.2, 0.25) is 0 Å². The predicted molar refractivity (Wildman–Crippen MR) is 57.5 cm³/mol. The Balaban J connectivity index is 2.51. The molecule has 0 nitrogen and oxygen atoms in total. The minimum Gasteiger partial charge on any atom is -0.143 e. The van der Waals surface area contributed by atoms with Crippen LogP contribution in [0.1, 0.15) is 0 Å². The van der Waals surface area contributed by atoms with E-state index in [9.17, 15) is 0 Å². The van der Waals surface area contributed by atoms with Gasteiger partial charge in [-0.15, -0.1) is 11.3 Å². The first-order valence-corrected chi connectivity index (χ1v) is 5.33. The second-order valence-electron chi connectivity index (χ2n) is 2.46. The number of hydrogen-bond acceptors (Lipinski definition) is 1. The van der Waals surface area contributed by atoms with E-state index in [1.807, 2.05) is 6.07 Å². The first-order chi connectivity index (χ1) is 5.88. The Morgan fingerprint density at radius 2 is 1.75 bits per heavy atom. The molecular weight excluding hydrogens is 232 g/mol.